The fourth-order valence-corrected chi connectivity index (χ4v) is 3.15. The highest BCUT2D eigenvalue weighted by Crippen LogP contribution is 2.32. The third-order valence-corrected chi connectivity index (χ3v) is 5.02. The number of rotatable bonds is 6. The Labute approximate surface area is 188 Å². The van der Waals surface area contributed by atoms with Gasteiger partial charge in [-0.2, -0.15) is 0 Å². The van der Waals surface area contributed by atoms with E-state index >= 15 is 0 Å². The van der Waals surface area contributed by atoms with Crippen LogP contribution in [0.2, 0.25) is 0 Å². The van der Waals surface area contributed by atoms with E-state index in [1.165, 1.54) is 0 Å². The molecule has 0 aliphatic rings. The van der Waals surface area contributed by atoms with Gasteiger partial charge in [0.05, 0.1) is 0 Å². The average Bonchev–Trinajstić information content (AvgIpc) is 2.76. The van der Waals surface area contributed by atoms with Crippen molar-refractivity contribution in [1.82, 2.24) is 0 Å². The lowest BCUT2D eigenvalue weighted by Gasteiger charge is -2.13. The van der Waals surface area contributed by atoms with E-state index in [-0.39, 0.29) is 0 Å². The topological polar surface area (TPSA) is 52.6 Å². The van der Waals surface area contributed by atoms with Crippen molar-refractivity contribution in [1.29, 1.82) is 0 Å². The summed E-state index contributed by atoms with van der Waals surface area (Å²) in [4.78, 5) is 23.5. The van der Waals surface area contributed by atoms with Crippen molar-refractivity contribution in [3.8, 4) is 33.8 Å². The maximum atomic E-state index is 11.9. The second-order valence-electron chi connectivity index (χ2n) is 7.87. The number of carbonyl (C=O) groups excluding carboxylic acids is 2. The Kier molecular flexibility index (Phi) is 6.74. The monoisotopic (exact) mass is 426 g/mol. The van der Waals surface area contributed by atoms with Crippen LogP contribution in [0.4, 0.5) is 0 Å². The molecule has 0 aromatic heterocycles. The molecule has 3 aromatic carbocycles. The van der Waals surface area contributed by atoms with E-state index in [2.05, 4.69) is 25.3 Å². The molecule has 0 aliphatic carbocycles. The number of hydrogen-bond acceptors (Lipinski definition) is 4. The van der Waals surface area contributed by atoms with E-state index < -0.39 is 11.9 Å². The minimum Gasteiger partial charge on any atom is -0.423 e. The molecule has 32 heavy (non-hydrogen) atoms. The van der Waals surface area contributed by atoms with Crippen molar-refractivity contribution in [2.24, 2.45) is 0 Å². The van der Waals surface area contributed by atoms with Gasteiger partial charge < -0.3 is 9.47 Å². The van der Waals surface area contributed by atoms with E-state index in [0.717, 1.165) is 33.4 Å². The molecule has 0 fully saturated rings. The predicted molar refractivity (Wildman–Crippen MR) is 128 cm³/mol. The molecule has 0 spiro atoms. The molecular weight excluding hydrogens is 400 g/mol. The lowest BCUT2D eigenvalue weighted by molar-refractivity contribution is -0.131. The molecule has 162 valence electrons. The molecule has 4 heteroatoms. The van der Waals surface area contributed by atoms with Gasteiger partial charge in [-0.3, -0.25) is 0 Å². The van der Waals surface area contributed by atoms with Crippen molar-refractivity contribution in [3.63, 3.8) is 0 Å². The first-order valence-electron chi connectivity index (χ1n) is 10.2. The van der Waals surface area contributed by atoms with Gasteiger partial charge in [0, 0.05) is 11.1 Å². The van der Waals surface area contributed by atoms with Crippen molar-refractivity contribution >= 4 is 11.9 Å². The molecule has 0 radical (unpaired) electrons. The van der Waals surface area contributed by atoms with Crippen molar-refractivity contribution in [2.75, 3.05) is 0 Å². The van der Waals surface area contributed by atoms with Crippen LogP contribution in [0.15, 0.2) is 85.0 Å². The van der Waals surface area contributed by atoms with Crippen LogP contribution >= 0.6 is 0 Å². The molecule has 0 bridgehead atoms. The molecule has 0 heterocycles. The van der Waals surface area contributed by atoms with Gasteiger partial charge in [0.15, 0.2) is 0 Å². The van der Waals surface area contributed by atoms with Crippen molar-refractivity contribution in [3.05, 3.63) is 96.1 Å². The molecule has 0 unspecified atom stereocenters. The van der Waals surface area contributed by atoms with Crippen LogP contribution in [0.1, 0.15) is 25.0 Å². The van der Waals surface area contributed by atoms with Gasteiger partial charge in [-0.15, -0.1) is 0 Å². The maximum Gasteiger partial charge on any atom is 0.338 e. The Morgan fingerprint density at radius 1 is 0.656 bits per heavy atom. The number of benzene rings is 3. The average molecular weight is 427 g/mol. The third-order valence-electron chi connectivity index (χ3n) is 5.02. The Morgan fingerprint density at radius 2 is 1.12 bits per heavy atom. The van der Waals surface area contributed by atoms with Gasteiger partial charge >= 0.3 is 11.9 Å². The fraction of sp³-hybridized carbons (Fsp3) is 0.143. The van der Waals surface area contributed by atoms with E-state index in [9.17, 15) is 9.59 Å². The summed E-state index contributed by atoms with van der Waals surface area (Å²) in [6.07, 6.45) is 0. The van der Waals surface area contributed by atoms with Gasteiger partial charge in [-0.05, 0) is 85.3 Å². The summed E-state index contributed by atoms with van der Waals surface area (Å²) in [6.45, 7) is 14.4. The molecule has 0 saturated heterocycles. The Morgan fingerprint density at radius 3 is 1.66 bits per heavy atom. The molecule has 0 atom stereocenters. The number of esters is 2. The smallest absolute Gasteiger partial charge is 0.338 e. The lowest BCUT2D eigenvalue weighted by Crippen LogP contribution is -2.09. The Balaban J connectivity index is 1.80. The normalized spacial score (nSPS) is 10.4. The molecule has 0 N–H and O–H groups in total. The van der Waals surface area contributed by atoms with Gasteiger partial charge in [0.1, 0.15) is 11.5 Å². The van der Waals surface area contributed by atoms with Crippen molar-refractivity contribution < 1.29 is 19.1 Å². The number of aryl methyl sites for hydroxylation is 2. The summed E-state index contributed by atoms with van der Waals surface area (Å²) in [5, 5.41) is 0. The van der Waals surface area contributed by atoms with Crippen LogP contribution in [-0.4, -0.2) is 11.9 Å². The summed E-state index contributed by atoms with van der Waals surface area (Å²) in [5.74, 6) is 0.165. The molecule has 3 rings (SSSR count). The summed E-state index contributed by atoms with van der Waals surface area (Å²) >= 11 is 0. The molecule has 4 nitrogen and oxygen atoms in total. The highest BCUT2D eigenvalue weighted by molar-refractivity contribution is 5.89. The number of hydrogen-bond donors (Lipinski definition) is 0. The third kappa shape index (κ3) is 5.22. The molecule has 0 aliphatic heterocycles. The van der Waals surface area contributed by atoms with Crippen LogP contribution in [0.5, 0.6) is 11.5 Å². The first kappa shape index (κ1) is 22.8. The molecule has 3 aromatic rings. The zero-order chi connectivity index (χ0) is 23.4. The van der Waals surface area contributed by atoms with E-state index in [0.29, 0.717) is 22.6 Å². The Bertz CT molecular complexity index is 1200. The highest BCUT2D eigenvalue weighted by Gasteiger charge is 2.12. The summed E-state index contributed by atoms with van der Waals surface area (Å²) < 4.78 is 10.7. The Hall–Kier alpha value is -3.92. The predicted octanol–water partition coefficient (Wildman–Crippen LogP) is 6.60. The standard InChI is InChI=1S/C28H26O4/c1-17(2)27(29)31-24-13-11-22(12-14-24)21-7-9-23(10-8-21)25-15-20(6)26(16-19(25)5)32-28(30)18(3)4/h7-16H,1,3H2,2,4-6H3. The van der Waals surface area contributed by atoms with Gasteiger partial charge in [0.25, 0.3) is 0 Å². The van der Waals surface area contributed by atoms with Crippen molar-refractivity contribution in [2.45, 2.75) is 27.7 Å². The van der Waals surface area contributed by atoms with Gasteiger partial charge in [0.2, 0.25) is 0 Å². The minimum absolute atomic E-state index is 0.359. The second-order valence-corrected chi connectivity index (χ2v) is 7.87. The fourth-order valence-electron chi connectivity index (χ4n) is 3.15. The largest absolute Gasteiger partial charge is 0.423 e. The highest BCUT2D eigenvalue weighted by atomic mass is 16.5. The quantitative estimate of drug-likeness (QED) is 0.253. The molecule has 0 saturated carbocycles. The minimum atomic E-state index is -0.437. The van der Waals surface area contributed by atoms with Crippen LogP contribution in [0.3, 0.4) is 0 Å². The summed E-state index contributed by atoms with van der Waals surface area (Å²) in [7, 11) is 0. The van der Waals surface area contributed by atoms with Crippen LogP contribution in [0.25, 0.3) is 22.3 Å². The number of carbonyl (C=O) groups is 2. The van der Waals surface area contributed by atoms with E-state index in [1.54, 1.807) is 26.0 Å². The lowest BCUT2D eigenvalue weighted by atomic mass is 9.95. The van der Waals surface area contributed by atoms with Crippen LogP contribution < -0.4 is 9.47 Å². The van der Waals surface area contributed by atoms with E-state index in [1.807, 2.05) is 50.2 Å². The first-order chi connectivity index (χ1) is 15.2. The van der Waals surface area contributed by atoms with Crippen LogP contribution in [0, 0.1) is 13.8 Å². The van der Waals surface area contributed by atoms with Crippen LogP contribution in [-0.2, 0) is 9.59 Å². The zero-order valence-electron chi connectivity index (χ0n) is 18.8. The summed E-state index contributed by atoms with van der Waals surface area (Å²) in [5.41, 5.74) is 6.82. The zero-order valence-corrected chi connectivity index (χ0v) is 18.8. The van der Waals surface area contributed by atoms with Gasteiger partial charge in [-0.25, -0.2) is 9.59 Å². The maximum absolute atomic E-state index is 11.9. The second kappa shape index (κ2) is 9.48. The van der Waals surface area contributed by atoms with Gasteiger partial charge in [-0.1, -0.05) is 49.6 Å². The first-order valence-corrected chi connectivity index (χ1v) is 10.2. The SMILES string of the molecule is C=C(C)C(=O)Oc1ccc(-c2ccc(-c3cc(C)c(OC(=O)C(=C)C)cc3C)cc2)cc1. The summed E-state index contributed by atoms with van der Waals surface area (Å²) in [6, 6.07) is 19.5. The van der Waals surface area contributed by atoms with E-state index in [4.69, 9.17) is 9.47 Å². The number of ether oxygens (including phenoxy) is 2. The molecular formula is C28H26O4. The molecule has 0 amide bonds.